The van der Waals surface area contributed by atoms with E-state index in [-0.39, 0.29) is 18.1 Å². The zero-order valence-electron chi connectivity index (χ0n) is 16.6. The molecule has 0 radical (unpaired) electrons. The Morgan fingerprint density at radius 1 is 0.967 bits per heavy atom. The fourth-order valence-corrected chi connectivity index (χ4v) is 3.47. The van der Waals surface area contributed by atoms with E-state index in [0.29, 0.717) is 27.5 Å². The number of benzene rings is 2. The van der Waals surface area contributed by atoms with Gasteiger partial charge in [-0.15, -0.1) is 0 Å². The van der Waals surface area contributed by atoms with Crippen LogP contribution in [0.3, 0.4) is 0 Å². The first kappa shape index (κ1) is 19.9. The first-order valence-corrected chi connectivity index (χ1v) is 9.92. The average Bonchev–Trinajstić information content (AvgIpc) is 2.96. The van der Waals surface area contributed by atoms with E-state index in [1.165, 1.54) is 4.90 Å². The summed E-state index contributed by atoms with van der Waals surface area (Å²) in [5.74, 6) is -0.742. The summed E-state index contributed by atoms with van der Waals surface area (Å²) in [6.45, 7) is 3.98. The molecule has 2 heterocycles. The molecule has 2 aromatic carbocycles. The van der Waals surface area contributed by atoms with E-state index < -0.39 is 5.91 Å². The molecule has 4 rings (SSSR count). The van der Waals surface area contributed by atoms with Gasteiger partial charge < -0.3 is 5.32 Å². The number of aromatic nitrogens is 1. The maximum atomic E-state index is 13.3. The average molecular weight is 418 g/mol. The van der Waals surface area contributed by atoms with Gasteiger partial charge in [-0.2, -0.15) is 0 Å². The molecule has 0 spiro atoms. The lowest BCUT2D eigenvalue weighted by Gasteiger charge is -2.15. The van der Waals surface area contributed by atoms with Crippen molar-refractivity contribution in [2.24, 2.45) is 0 Å². The third-order valence-corrected chi connectivity index (χ3v) is 5.40. The third kappa shape index (κ3) is 3.84. The van der Waals surface area contributed by atoms with Gasteiger partial charge >= 0.3 is 0 Å². The monoisotopic (exact) mass is 417 g/mol. The normalized spacial score (nSPS) is 13.9. The van der Waals surface area contributed by atoms with Crippen molar-refractivity contribution in [3.8, 4) is 0 Å². The number of anilines is 1. The zero-order chi connectivity index (χ0) is 21.3. The summed E-state index contributed by atoms with van der Waals surface area (Å²) in [4.78, 5) is 32.0. The molecule has 0 atom stereocenters. The second-order valence-corrected chi connectivity index (χ2v) is 7.63. The van der Waals surface area contributed by atoms with Crippen LogP contribution in [0.1, 0.15) is 22.4 Å². The van der Waals surface area contributed by atoms with Gasteiger partial charge in [-0.1, -0.05) is 53.6 Å². The van der Waals surface area contributed by atoms with Crippen molar-refractivity contribution >= 4 is 34.7 Å². The highest BCUT2D eigenvalue weighted by Crippen LogP contribution is 2.32. The summed E-state index contributed by atoms with van der Waals surface area (Å²) in [5.41, 5.74) is 4.55. The van der Waals surface area contributed by atoms with Crippen molar-refractivity contribution in [1.82, 2.24) is 9.88 Å². The molecule has 1 aliphatic heterocycles. The maximum absolute atomic E-state index is 13.3. The van der Waals surface area contributed by atoms with Crippen LogP contribution in [0.25, 0.3) is 5.57 Å². The standard InChI is InChI=1S/C24H20ClN3O2/c1-15-6-9-17(10-7-15)21-22(27-18-11-8-16(2)20(25)13-18)24(30)28(23(21)29)14-19-5-3-4-12-26-19/h3-13,27H,14H2,1-2H3. The zero-order valence-corrected chi connectivity index (χ0v) is 17.4. The predicted octanol–water partition coefficient (Wildman–Crippen LogP) is 4.74. The number of imide groups is 1. The number of carbonyl (C=O) groups is 2. The summed E-state index contributed by atoms with van der Waals surface area (Å²) in [6, 6.07) is 18.4. The molecule has 1 aliphatic rings. The number of nitrogens with zero attached hydrogens (tertiary/aromatic N) is 2. The largest absolute Gasteiger partial charge is 0.350 e. The number of aryl methyl sites for hydroxylation is 2. The summed E-state index contributed by atoms with van der Waals surface area (Å²) in [7, 11) is 0. The topological polar surface area (TPSA) is 62.3 Å². The highest BCUT2D eigenvalue weighted by molar-refractivity contribution is 6.36. The van der Waals surface area contributed by atoms with Crippen LogP contribution in [0.4, 0.5) is 5.69 Å². The second-order valence-electron chi connectivity index (χ2n) is 7.22. The molecule has 5 nitrogen and oxygen atoms in total. The van der Waals surface area contributed by atoms with Gasteiger partial charge in [-0.25, -0.2) is 0 Å². The molecule has 0 fully saturated rings. The smallest absolute Gasteiger partial charge is 0.278 e. The highest BCUT2D eigenvalue weighted by atomic mass is 35.5. The van der Waals surface area contributed by atoms with E-state index in [4.69, 9.17) is 11.6 Å². The van der Waals surface area contributed by atoms with Gasteiger partial charge in [-0.05, 0) is 49.2 Å². The molecular formula is C24H20ClN3O2. The Morgan fingerprint density at radius 2 is 1.73 bits per heavy atom. The molecule has 1 aromatic heterocycles. The van der Waals surface area contributed by atoms with E-state index >= 15 is 0 Å². The quantitative estimate of drug-likeness (QED) is 0.609. The number of pyridine rings is 1. The lowest BCUT2D eigenvalue weighted by molar-refractivity contribution is -0.137. The number of halogens is 1. The second kappa shape index (κ2) is 8.13. The lowest BCUT2D eigenvalue weighted by Crippen LogP contribution is -2.32. The Morgan fingerprint density at radius 3 is 2.40 bits per heavy atom. The van der Waals surface area contributed by atoms with Crippen LogP contribution in [0.5, 0.6) is 0 Å². The summed E-state index contributed by atoms with van der Waals surface area (Å²) < 4.78 is 0. The maximum Gasteiger partial charge on any atom is 0.278 e. The molecule has 0 unspecified atom stereocenters. The highest BCUT2D eigenvalue weighted by Gasteiger charge is 2.39. The number of rotatable bonds is 5. The lowest BCUT2D eigenvalue weighted by atomic mass is 10.0. The van der Waals surface area contributed by atoms with E-state index in [1.54, 1.807) is 24.4 Å². The van der Waals surface area contributed by atoms with Crippen molar-refractivity contribution in [3.05, 3.63) is 100.0 Å². The van der Waals surface area contributed by atoms with Crippen LogP contribution < -0.4 is 5.32 Å². The van der Waals surface area contributed by atoms with Gasteiger partial charge in [0.2, 0.25) is 0 Å². The van der Waals surface area contributed by atoms with Crippen molar-refractivity contribution in [2.45, 2.75) is 20.4 Å². The molecular weight excluding hydrogens is 398 g/mol. The van der Waals surface area contributed by atoms with Gasteiger partial charge in [0.15, 0.2) is 0 Å². The molecule has 0 saturated heterocycles. The molecule has 30 heavy (non-hydrogen) atoms. The van der Waals surface area contributed by atoms with Gasteiger partial charge in [0.1, 0.15) is 5.70 Å². The number of amides is 2. The van der Waals surface area contributed by atoms with E-state index in [1.807, 2.05) is 56.3 Å². The van der Waals surface area contributed by atoms with E-state index in [9.17, 15) is 9.59 Å². The summed E-state index contributed by atoms with van der Waals surface area (Å²) >= 11 is 6.24. The molecule has 150 valence electrons. The summed E-state index contributed by atoms with van der Waals surface area (Å²) in [6.07, 6.45) is 1.64. The minimum Gasteiger partial charge on any atom is -0.350 e. The fraction of sp³-hybridized carbons (Fsp3) is 0.125. The van der Waals surface area contributed by atoms with Crippen molar-refractivity contribution in [3.63, 3.8) is 0 Å². The van der Waals surface area contributed by atoms with Gasteiger partial charge in [-0.3, -0.25) is 19.5 Å². The van der Waals surface area contributed by atoms with Gasteiger partial charge in [0.05, 0.1) is 17.8 Å². The summed E-state index contributed by atoms with van der Waals surface area (Å²) in [5, 5.41) is 3.71. The van der Waals surface area contributed by atoms with Crippen LogP contribution in [-0.2, 0) is 16.1 Å². The fourth-order valence-electron chi connectivity index (χ4n) is 3.29. The first-order chi connectivity index (χ1) is 14.4. The van der Waals surface area contributed by atoms with Crippen LogP contribution in [0, 0.1) is 13.8 Å². The SMILES string of the molecule is Cc1ccc(C2=C(Nc3ccc(C)c(Cl)c3)C(=O)N(Cc3ccccn3)C2=O)cc1. The van der Waals surface area contributed by atoms with Crippen LogP contribution in [0.15, 0.2) is 72.6 Å². The molecule has 0 saturated carbocycles. The minimum absolute atomic E-state index is 0.105. The van der Waals surface area contributed by atoms with E-state index in [2.05, 4.69) is 10.3 Å². The molecule has 0 aliphatic carbocycles. The Balaban J connectivity index is 1.75. The van der Waals surface area contributed by atoms with Gasteiger partial charge in [0, 0.05) is 16.9 Å². The molecule has 3 aromatic rings. The van der Waals surface area contributed by atoms with Crippen molar-refractivity contribution in [1.29, 1.82) is 0 Å². The predicted molar refractivity (Wildman–Crippen MR) is 118 cm³/mol. The van der Waals surface area contributed by atoms with Crippen LogP contribution >= 0.6 is 11.6 Å². The Labute approximate surface area is 180 Å². The molecule has 0 bridgehead atoms. The Bertz CT molecular complexity index is 1150. The van der Waals surface area contributed by atoms with Crippen molar-refractivity contribution in [2.75, 3.05) is 5.32 Å². The number of nitrogens with one attached hydrogen (secondary N) is 1. The van der Waals surface area contributed by atoms with Crippen molar-refractivity contribution < 1.29 is 9.59 Å². The molecule has 6 heteroatoms. The third-order valence-electron chi connectivity index (χ3n) is 5.00. The Hall–Kier alpha value is -3.44. The van der Waals surface area contributed by atoms with Crippen LogP contribution in [-0.4, -0.2) is 21.7 Å². The minimum atomic E-state index is -0.391. The van der Waals surface area contributed by atoms with Gasteiger partial charge in [0.25, 0.3) is 11.8 Å². The van der Waals surface area contributed by atoms with E-state index in [0.717, 1.165) is 11.1 Å². The first-order valence-electron chi connectivity index (χ1n) is 9.54. The van der Waals surface area contributed by atoms with Crippen LogP contribution in [0.2, 0.25) is 5.02 Å². The Kier molecular flexibility index (Phi) is 5.38. The molecule has 2 amide bonds. The number of hydrogen-bond acceptors (Lipinski definition) is 4. The number of carbonyl (C=O) groups excluding carboxylic acids is 2. The number of hydrogen-bond donors (Lipinski definition) is 1. The molecule has 1 N–H and O–H groups in total.